The molecular formula is C17H18BrFN2O4S. The van der Waals surface area contributed by atoms with E-state index in [1.807, 2.05) is 12.1 Å². The molecule has 0 bridgehead atoms. The van der Waals surface area contributed by atoms with Crippen LogP contribution in [0.2, 0.25) is 0 Å². The molecule has 0 unspecified atom stereocenters. The molecule has 0 radical (unpaired) electrons. The molecule has 140 valence electrons. The molecule has 2 aromatic rings. The van der Waals surface area contributed by atoms with Gasteiger partial charge < -0.3 is 10.1 Å². The summed E-state index contributed by atoms with van der Waals surface area (Å²) in [6.45, 7) is 0.128. The Balaban J connectivity index is 1.80. The maximum Gasteiger partial charge on any atom is 0.243 e. The Labute approximate surface area is 160 Å². The normalized spacial score (nSPS) is 11.4. The Morgan fingerprint density at radius 3 is 2.58 bits per heavy atom. The summed E-state index contributed by atoms with van der Waals surface area (Å²) in [6, 6.07) is 11.7. The molecule has 6 nitrogen and oxygen atoms in total. The molecule has 0 aromatic heterocycles. The van der Waals surface area contributed by atoms with E-state index in [0.29, 0.717) is 5.75 Å². The Bertz CT molecular complexity index is 859. The minimum Gasteiger partial charge on any atom is -0.492 e. The molecule has 1 amide bonds. The van der Waals surface area contributed by atoms with E-state index < -0.39 is 21.7 Å². The van der Waals surface area contributed by atoms with Crippen molar-refractivity contribution >= 4 is 31.9 Å². The zero-order chi connectivity index (χ0) is 19.2. The molecule has 0 fully saturated rings. The van der Waals surface area contributed by atoms with Gasteiger partial charge in [0, 0.05) is 11.5 Å². The van der Waals surface area contributed by atoms with E-state index in [-0.39, 0.29) is 24.6 Å². The molecular weight excluding hydrogens is 427 g/mol. The van der Waals surface area contributed by atoms with Crippen molar-refractivity contribution in [3.05, 3.63) is 58.8 Å². The van der Waals surface area contributed by atoms with E-state index in [1.165, 1.54) is 7.05 Å². The van der Waals surface area contributed by atoms with Crippen LogP contribution in [0.25, 0.3) is 0 Å². The molecule has 0 saturated carbocycles. The average molecular weight is 445 g/mol. The number of carbonyl (C=O) groups excluding carboxylic acids is 1. The summed E-state index contributed by atoms with van der Waals surface area (Å²) >= 11 is 3.33. The van der Waals surface area contributed by atoms with Crippen LogP contribution in [0.4, 0.5) is 4.39 Å². The molecule has 2 aromatic carbocycles. The Hall–Kier alpha value is -1.97. The minimum absolute atomic E-state index is 0.0767. The van der Waals surface area contributed by atoms with Crippen LogP contribution in [-0.2, 0) is 14.8 Å². The molecule has 0 aliphatic heterocycles. The number of amides is 1. The van der Waals surface area contributed by atoms with E-state index in [0.717, 1.165) is 33.0 Å². The van der Waals surface area contributed by atoms with Gasteiger partial charge in [0.1, 0.15) is 18.2 Å². The average Bonchev–Trinajstić information content (AvgIpc) is 2.59. The largest absolute Gasteiger partial charge is 0.492 e. The molecule has 0 atom stereocenters. The molecule has 0 spiro atoms. The van der Waals surface area contributed by atoms with Crippen molar-refractivity contribution < 1.29 is 22.3 Å². The zero-order valence-corrected chi connectivity index (χ0v) is 16.4. The van der Waals surface area contributed by atoms with Gasteiger partial charge in [-0.3, -0.25) is 4.79 Å². The molecule has 2 rings (SSSR count). The summed E-state index contributed by atoms with van der Waals surface area (Å²) in [5.41, 5.74) is 0. The van der Waals surface area contributed by atoms with Crippen molar-refractivity contribution in [2.24, 2.45) is 0 Å². The number of halogens is 2. The van der Waals surface area contributed by atoms with E-state index in [4.69, 9.17) is 4.74 Å². The second-order valence-electron chi connectivity index (χ2n) is 5.37. The van der Waals surface area contributed by atoms with Crippen molar-refractivity contribution in [1.29, 1.82) is 0 Å². The van der Waals surface area contributed by atoms with Crippen LogP contribution in [0, 0.1) is 5.82 Å². The number of nitrogens with zero attached hydrogens (tertiary/aromatic N) is 1. The first-order valence-electron chi connectivity index (χ1n) is 7.66. The summed E-state index contributed by atoms with van der Waals surface area (Å²) < 4.78 is 44.8. The maximum absolute atomic E-state index is 12.9. The van der Waals surface area contributed by atoms with Crippen molar-refractivity contribution in [3.8, 4) is 5.75 Å². The van der Waals surface area contributed by atoms with Gasteiger partial charge in [0.2, 0.25) is 15.9 Å². The molecule has 0 heterocycles. The summed E-state index contributed by atoms with van der Waals surface area (Å²) in [7, 11) is -2.57. The van der Waals surface area contributed by atoms with Gasteiger partial charge in [-0.05, 0) is 42.5 Å². The molecule has 1 N–H and O–H groups in total. The lowest BCUT2D eigenvalue weighted by atomic mass is 10.3. The number of rotatable bonds is 8. The van der Waals surface area contributed by atoms with Gasteiger partial charge in [-0.15, -0.1) is 0 Å². The van der Waals surface area contributed by atoms with Gasteiger partial charge in [-0.2, -0.15) is 4.31 Å². The van der Waals surface area contributed by atoms with Gasteiger partial charge in [-0.25, -0.2) is 12.8 Å². The van der Waals surface area contributed by atoms with Gasteiger partial charge in [-0.1, -0.05) is 22.0 Å². The lowest BCUT2D eigenvalue weighted by Crippen LogP contribution is -2.39. The number of nitrogens with one attached hydrogen (secondary N) is 1. The van der Waals surface area contributed by atoms with Crippen molar-refractivity contribution in [1.82, 2.24) is 9.62 Å². The Morgan fingerprint density at radius 1 is 1.23 bits per heavy atom. The third-order valence-electron chi connectivity index (χ3n) is 3.38. The fraction of sp³-hybridized carbons (Fsp3) is 0.235. The summed E-state index contributed by atoms with van der Waals surface area (Å²) in [5.74, 6) is -0.338. The number of likely N-dealkylation sites (N-methyl/N-ethyl adjacent to an activating group) is 1. The fourth-order valence-corrected chi connectivity index (χ4v) is 3.55. The number of ether oxygens (including phenoxy) is 1. The lowest BCUT2D eigenvalue weighted by Gasteiger charge is -2.17. The molecule has 0 saturated heterocycles. The lowest BCUT2D eigenvalue weighted by molar-refractivity contribution is -0.121. The van der Waals surface area contributed by atoms with Crippen LogP contribution >= 0.6 is 15.9 Å². The number of carbonyl (C=O) groups is 1. The van der Waals surface area contributed by atoms with Gasteiger partial charge in [0.25, 0.3) is 0 Å². The van der Waals surface area contributed by atoms with Crippen LogP contribution in [0.15, 0.2) is 57.9 Å². The van der Waals surface area contributed by atoms with Crippen LogP contribution < -0.4 is 10.1 Å². The molecule has 0 aliphatic carbocycles. The first-order valence-corrected chi connectivity index (χ1v) is 9.89. The zero-order valence-electron chi connectivity index (χ0n) is 14.0. The highest BCUT2D eigenvalue weighted by Crippen LogP contribution is 2.17. The molecule has 26 heavy (non-hydrogen) atoms. The summed E-state index contributed by atoms with van der Waals surface area (Å²) in [4.78, 5) is 11.8. The topological polar surface area (TPSA) is 75.7 Å². The highest BCUT2D eigenvalue weighted by atomic mass is 79.9. The number of benzene rings is 2. The van der Waals surface area contributed by atoms with E-state index >= 15 is 0 Å². The third-order valence-corrected chi connectivity index (χ3v) is 5.69. The highest BCUT2D eigenvalue weighted by molar-refractivity contribution is 9.10. The third kappa shape index (κ3) is 5.79. The quantitative estimate of drug-likeness (QED) is 0.634. The number of hydrogen-bond donors (Lipinski definition) is 1. The molecule has 9 heteroatoms. The van der Waals surface area contributed by atoms with Crippen molar-refractivity contribution in [2.45, 2.75) is 4.90 Å². The maximum atomic E-state index is 12.9. The first kappa shape index (κ1) is 20.3. The van der Waals surface area contributed by atoms with Gasteiger partial charge in [0.05, 0.1) is 18.0 Å². The standard InChI is InChI=1S/C17H18BrFN2O4S/c1-21(26(23,24)16-7-5-14(19)6-8-16)12-17(22)20-9-10-25-15-4-2-3-13(18)11-15/h2-8,11H,9-10,12H2,1H3,(H,20,22). The second-order valence-corrected chi connectivity index (χ2v) is 8.33. The predicted molar refractivity (Wildman–Crippen MR) is 98.9 cm³/mol. The smallest absolute Gasteiger partial charge is 0.243 e. The SMILES string of the molecule is CN(CC(=O)NCCOc1cccc(Br)c1)S(=O)(=O)c1ccc(F)cc1. The van der Waals surface area contributed by atoms with Crippen molar-refractivity contribution in [2.75, 3.05) is 26.7 Å². The first-order chi connectivity index (χ1) is 12.3. The summed E-state index contributed by atoms with van der Waals surface area (Å²) in [5, 5.41) is 2.59. The fourth-order valence-electron chi connectivity index (χ4n) is 2.05. The Kier molecular flexibility index (Phi) is 7.13. The van der Waals surface area contributed by atoms with Crippen LogP contribution in [-0.4, -0.2) is 45.4 Å². The molecule has 0 aliphatic rings. The summed E-state index contributed by atoms with van der Waals surface area (Å²) in [6.07, 6.45) is 0. The van der Waals surface area contributed by atoms with Gasteiger partial charge in [0.15, 0.2) is 0 Å². The Morgan fingerprint density at radius 2 is 1.92 bits per heavy atom. The highest BCUT2D eigenvalue weighted by Gasteiger charge is 2.22. The van der Waals surface area contributed by atoms with Crippen LogP contribution in [0.3, 0.4) is 0 Å². The van der Waals surface area contributed by atoms with Crippen LogP contribution in [0.1, 0.15) is 0 Å². The van der Waals surface area contributed by atoms with E-state index in [9.17, 15) is 17.6 Å². The van der Waals surface area contributed by atoms with Gasteiger partial charge >= 0.3 is 0 Å². The van der Waals surface area contributed by atoms with Crippen molar-refractivity contribution in [3.63, 3.8) is 0 Å². The van der Waals surface area contributed by atoms with Crippen LogP contribution in [0.5, 0.6) is 5.75 Å². The van der Waals surface area contributed by atoms with E-state index in [1.54, 1.807) is 12.1 Å². The second kappa shape index (κ2) is 9.11. The monoisotopic (exact) mass is 444 g/mol. The predicted octanol–water partition coefficient (Wildman–Crippen LogP) is 2.40. The minimum atomic E-state index is -3.86. The number of hydrogen-bond acceptors (Lipinski definition) is 4. The van der Waals surface area contributed by atoms with E-state index in [2.05, 4.69) is 21.2 Å². The number of sulfonamides is 1.